The van der Waals surface area contributed by atoms with Crippen molar-refractivity contribution in [1.29, 1.82) is 0 Å². The maximum absolute atomic E-state index is 12.6. The zero-order valence-electron chi connectivity index (χ0n) is 14.7. The summed E-state index contributed by atoms with van der Waals surface area (Å²) in [7, 11) is -2.28. The summed E-state index contributed by atoms with van der Waals surface area (Å²) in [5.74, 6) is -0.385. The molecule has 3 aromatic rings. The number of fused-ring (bicyclic) bond motifs is 1. The van der Waals surface area contributed by atoms with Crippen molar-refractivity contribution in [3.8, 4) is 0 Å². The fourth-order valence-corrected chi connectivity index (χ4v) is 3.46. The maximum atomic E-state index is 12.6. The van der Waals surface area contributed by atoms with Crippen molar-refractivity contribution in [1.82, 2.24) is 9.71 Å². The molecule has 0 aliphatic carbocycles. The van der Waals surface area contributed by atoms with E-state index in [2.05, 4.69) is 15.0 Å². The smallest absolute Gasteiger partial charge is 0.255 e. The molecule has 0 saturated heterocycles. The van der Waals surface area contributed by atoms with Crippen molar-refractivity contribution in [3.63, 3.8) is 0 Å². The molecule has 1 heterocycles. The molecule has 6 nitrogen and oxygen atoms in total. The lowest BCUT2D eigenvalue weighted by molar-refractivity contribution is 0.102. The monoisotopic (exact) mass is 369 g/mol. The molecule has 0 atom stereocenters. The fraction of sp³-hybridized carbons (Fsp3) is 0.158. The van der Waals surface area contributed by atoms with Gasteiger partial charge in [0.1, 0.15) is 0 Å². The summed E-state index contributed by atoms with van der Waals surface area (Å²) in [5, 5.41) is 3.69. The molecule has 0 bridgehead atoms. The second-order valence-corrected chi connectivity index (χ2v) is 7.84. The Kier molecular flexibility index (Phi) is 4.76. The molecular formula is C19H19N3O3S. The second kappa shape index (κ2) is 6.86. The van der Waals surface area contributed by atoms with Gasteiger partial charge in [-0.25, -0.2) is 13.1 Å². The number of aromatic nitrogens is 1. The lowest BCUT2D eigenvalue weighted by atomic mass is 10.0. The van der Waals surface area contributed by atoms with Gasteiger partial charge < -0.3 is 5.32 Å². The van der Waals surface area contributed by atoms with E-state index < -0.39 is 10.0 Å². The zero-order valence-corrected chi connectivity index (χ0v) is 15.5. The van der Waals surface area contributed by atoms with Crippen LogP contribution in [0.3, 0.4) is 0 Å². The van der Waals surface area contributed by atoms with E-state index >= 15 is 0 Å². The van der Waals surface area contributed by atoms with Crippen LogP contribution in [0.15, 0.2) is 53.6 Å². The minimum Gasteiger partial charge on any atom is -0.321 e. The zero-order chi connectivity index (χ0) is 18.9. The van der Waals surface area contributed by atoms with E-state index in [9.17, 15) is 13.2 Å². The molecule has 0 fully saturated rings. The predicted molar refractivity (Wildman–Crippen MR) is 102 cm³/mol. The number of carbonyl (C=O) groups is 1. The van der Waals surface area contributed by atoms with E-state index in [4.69, 9.17) is 0 Å². The first-order chi connectivity index (χ1) is 12.3. The van der Waals surface area contributed by atoms with Crippen LogP contribution in [0.2, 0.25) is 0 Å². The Labute approximate surface area is 152 Å². The molecule has 7 heteroatoms. The van der Waals surface area contributed by atoms with Crippen LogP contribution in [0, 0.1) is 13.8 Å². The maximum Gasteiger partial charge on any atom is 0.255 e. The van der Waals surface area contributed by atoms with Crippen LogP contribution < -0.4 is 10.0 Å². The van der Waals surface area contributed by atoms with Gasteiger partial charge in [-0.3, -0.25) is 9.78 Å². The summed E-state index contributed by atoms with van der Waals surface area (Å²) in [5.41, 5.74) is 3.90. The number of hydrogen-bond acceptors (Lipinski definition) is 4. The van der Waals surface area contributed by atoms with E-state index in [0.717, 1.165) is 22.0 Å². The molecule has 1 aromatic heterocycles. The summed E-state index contributed by atoms with van der Waals surface area (Å²) in [4.78, 5) is 17.1. The quantitative estimate of drug-likeness (QED) is 0.740. The van der Waals surface area contributed by atoms with E-state index in [1.807, 2.05) is 26.0 Å². The van der Waals surface area contributed by atoms with Crippen LogP contribution in [-0.2, 0) is 10.0 Å². The average Bonchev–Trinajstić information content (AvgIpc) is 2.65. The summed E-state index contributed by atoms with van der Waals surface area (Å²) >= 11 is 0. The Morgan fingerprint density at radius 3 is 2.58 bits per heavy atom. The third kappa shape index (κ3) is 3.31. The molecule has 1 amide bonds. The molecule has 134 valence electrons. The topological polar surface area (TPSA) is 88.2 Å². The third-order valence-electron chi connectivity index (χ3n) is 4.36. The van der Waals surface area contributed by atoms with Crippen LogP contribution in [-0.4, -0.2) is 26.4 Å². The molecule has 2 N–H and O–H groups in total. The SMILES string of the molecule is CNS(=O)(=O)c1cccc(C(=O)Nc2ccnc3c(C)c(C)ccc23)c1. The number of carbonyl (C=O) groups excluding carboxylic acids is 1. The largest absolute Gasteiger partial charge is 0.321 e. The Hall–Kier alpha value is -2.77. The summed E-state index contributed by atoms with van der Waals surface area (Å²) < 4.78 is 26.1. The van der Waals surface area contributed by atoms with Crippen molar-refractivity contribution in [2.45, 2.75) is 18.7 Å². The molecule has 0 unspecified atom stereocenters. The molecule has 0 saturated carbocycles. The highest BCUT2D eigenvalue weighted by atomic mass is 32.2. The number of amides is 1. The number of anilines is 1. The van der Waals surface area contributed by atoms with Gasteiger partial charge in [0.15, 0.2) is 0 Å². The van der Waals surface area contributed by atoms with Crippen molar-refractivity contribution in [2.75, 3.05) is 12.4 Å². The van der Waals surface area contributed by atoms with Crippen molar-refractivity contribution < 1.29 is 13.2 Å². The molecule has 0 aliphatic heterocycles. The average molecular weight is 369 g/mol. The highest BCUT2D eigenvalue weighted by molar-refractivity contribution is 7.89. The van der Waals surface area contributed by atoms with Gasteiger partial charge in [-0.2, -0.15) is 0 Å². The lowest BCUT2D eigenvalue weighted by Crippen LogP contribution is -2.19. The number of benzene rings is 2. The highest BCUT2D eigenvalue weighted by Crippen LogP contribution is 2.26. The van der Waals surface area contributed by atoms with Gasteiger partial charge in [-0.05, 0) is 56.3 Å². The Morgan fingerprint density at radius 1 is 1.08 bits per heavy atom. The standard InChI is InChI=1S/C19H19N3O3S/c1-12-7-8-16-17(9-10-21-18(16)13(12)2)22-19(23)14-5-4-6-15(11-14)26(24,25)20-3/h4-11,20H,1-3H3,(H,21,22,23). The molecule has 0 aliphatic rings. The van der Waals surface area contributed by atoms with Crippen molar-refractivity contribution in [2.24, 2.45) is 0 Å². The molecule has 0 radical (unpaired) electrons. The molecule has 3 rings (SSSR count). The summed E-state index contributed by atoms with van der Waals surface area (Å²) in [6.07, 6.45) is 1.65. The first-order valence-electron chi connectivity index (χ1n) is 8.03. The number of pyridine rings is 1. The van der Waals surface area contributed by atoms with Crippen LogP contribution in [0.5, 0.6) is 0 Å². The Bertz CT molecular complexity index is 1110. The van der Waals surface area contributed by atoms with E-state index in [0.29, 0.717) is 5.69 Å². The van der Waals surface area contributed by atoms with Crippen molar-refractivity contribution >= 4 is 32.5 Å². The van der Waals surface area contributed by atoms with Gasteiger partial charge in [-0.15, -0.1) is 0 Å². The molecule has 0 spiro atoms. The summed E-state index contributed by atoms with van der Waals surface area (Å²) in [6, 6.07) is 11.5. The number of rotatable bonds is 4. The van der Waals surface area contributed by atoms with Gasteiger partial charge in [0.2, 0.25) is 10.0 Å². The van der Waals surface area contributed by atoms with Gasteiger partial charge in [0.05, 0.1) is 16.1 Å². The number of nitrogens with zero attached hydrogens (tertiary/aromatic N) is 1. The van der Waals surface area contributed by atoms with Crippen LogP contribution in [0.25, 0.3) is 10.9 Å². The van der Waals surface area contributed by atoms with Gasteiger partial charge in [0.25, 0.3) is 5.91 Å². The number of aryl methyl sites for hydroxylation is 2. The van der Waals surface area contributed by atoms with E-state index in [1.165, 1.54) is 25.2 Å². The first kappa shape index (κ1) is 18.0. The highest BCUT2D eigenvalue weighted by Gasteiger charge is 2.15. The number of sulfonamides is 1. The van der Waals surface area contributed by atoms with Gasteiger partial charge in [0, 0.05) is 17.1 Å². The third-order valence-corrected chi connectivity index (χ3v) is 5.77. The Morgan fingerprint density at radius 2 is 1.85 bits per heavy atom. The first-order valence-corrected chi connectivity index (χ1v) is 9.51. The lowest BCUT2D eigenvalue weighted by Gasteiger charge is -2.11. The Balaban J connectivity index is 1.98. The normalized spacial score (nSPS) is 11.5. The minimum atomic E-state index is -3.61. The van der Waals surface area contributed by atoms with Crippen LogP contribution >= 0.6 is 0 Å². The molecule has 26 heavy (non-hydrogen) atoms. The molecule has 2 aromatic carbocycles. The summed E-state index contributed by atoms with van der Waals surface area (Å²) in [6.45, 7) is 4.00. The molecular weight excluding hydrogens is 350 g/mol. The van der Waals surface area contributed by atoms with Gasteiger partial charge >= 0.3 is 0 Å². The van der Waals surface area contributed by atoms with Gasteiger partial charge in [-0.1, -0.05) is 18.2 Å². The fourth-order valence-electron chi connectivity index (χ4n) is 2.69. The van der Waals surface area contributed by atoms with Crippen molar-refractivity contribution in [3.05, 3.63) is 65.4 Å². The number of nitrogens with one attached hydrogen (secondary N) is 2. The minimum absolute atomic E-state index is 0.0405. The van der Waals surface area contributed by atoms with E-state index in [-0.39, 0.29) is 16.4 Å². The second-order valence-electron chi connectivity index (χ2n) is 5.95. The van der Waals surface area contributed by atoms with E-state index in [1.54, 1.807) is 18.3 Å². The predicted octanol–water partition coefficient (Wildman–Crippen LogP) is 3.01. The van der Waals surface area contributed by atoms with Crippen LogP contribution in [0.1, 0.15) is 21.5 Å². The number of hydrogen-bond donors (Lipinski definition) is 2. The van der Waals surface area contributed by atoms with Crippen LogP contribution in [0.4, 0.5) is 5.69 Å².